The molecule has 0 radical (unpaired) electrons. The van der Waals surface area contributed by atoms with E-state index in [0.29, 0.717) is 36.4 Å². The molecule has 144 valence electrons. The summed E-state index contributed by atoms with van der Waals surface area (Å²) in [6, 6.07) is 9.47. The fourth-order valence-electron chi connectivity index (χ4n) is 3.37. The Hall–Kier alpha value is -2.47. The predicted octanol–water partition coefficient (Wildman–Crippen LogP) is 3.66. The summed E-state index contributed by atoms with van der Waals surface area (Å²) < 4.78 is 18.7. The molecule has 27 heavy (non-hydrogen) atoms. The molecule has 5 nitrogen and oxygen atoms in total. The lowest BCUT2D eigenvalue weighted by molar-refractivity contribution is -0.122. The summed E-state index contributed by atoms with van der Waals surface area (Å²) in [5, 5.41) is 6.32. The first-order valence-electron chi connectivity index (χ1n) is 9.46. The molecule has 2 N–H and O–H groups in total. The molecule has 1 fully saturated rings. The smallest absolute Gasteiger partial charge is 0.220 e. The first kappa shape index (κ1) is 19.3. The van der Waals surface area contributed by atoms with Crippen molar-refractivity contribution in [3.8, 4) is 11.6 Å². The zero-order chi connectivity index (χ0) is 19.1. The second-order valence-corrected chi connectivity index (χ2v) is 7.11. The highest BCUT2D eigenvalue weighted by atomic mass is 19.1. The van der Waals surface area contributed by atoms with E-state index in [0.717, 1.165) is 31.5 Å². The van der Waals surface area contributed by atoms with Crippen LogP contribution < -0.4 is 15.4 Å². The molecule has 1 aliphatic rings. The van der Waals surface area contributed by atoms with Gasteiger partial charge in [0.05, 0.1) is 0 Å². The van der Waals surface area contributed by atoms with Gasteiger partial charge < -0.3 is 15.4 Å². The molecule has 1 saturated heterocycles. The number of pyridine rings is 1. The maximum Gasteiger partial charge on any atom is 0.220 e. The summed E-state index contributed by atoms with van der Waals surface area (Å²) in [4.78, 5) is 16.4. The van der Waals surface area contributed by atoms with Crippen molar-refractivity contribution in [2.24, 2.45) is 11.8 Å². The molecule has 1 aromatic carbocycles. The molecule has 1 amide bonds. The number of rotatable bonds is 7. The lowest BCUT2D eigenvalue weighted by Crippen LogP contribution is -2.33. The van der Waals surface area contributed by atoms with E-state index in [1.807, 2.05) is 6.07 Å². The lowest BCUT2D eigenvalue weighted by atomic mass is 9.84. The third-order valence-electron chi connectivity index (χ3n) is 5.00. The van der Waals surface area contributed by atoms with Gasteiger partial charge >= 0.3 is 0 Å². The van der Waals surface area contributed by atoms with Crippen LogP contribution in [0.3, 0.4) is 0 Å². The highest BCUT2D eigenvalue weighted by molar-refractivity contribution is 5.76. The third kappa shape index (κ3) is 6.03. The molecule has 0 saturated carbocycles. The van der Waals surface area contributed by atoms with Crippen LogP contribution in [0.5, 0.6) is 11.6 Å². The Morgan fingerprint density at radius 2 is 2.15 bits per heavy atom. The minimum atomic E-state index is -0.356. The molecule has 2 heterocycles. The van der Waals surface area contributed by atoms with Crippen LogP contribution in [0.2, 0.25) is 0 Å². The van der Waals surface area contributed by atoms with Crippen molar-refractivity contribution >= 4 is 5.91 Å². The highest BCUT2D eigenvalue weighted by Gasteiger charge is 2.21. The van der Waals surface area contributed by atoms with E-state index < -0.39 is 0 Å². The minimum absolute atomic E-state index is 0.0705. The summed E-state index contributed by atoms with van der Waals surface area (Å²) in [5.74, 6) is 1.52. The molecule has 6 heteroatoms. The minimum Gasteiger partial charge on any atom is -0.439 e. The molecule has 0 spiro atoms. The van der Waals surface area contributed by atoms with Gasteiger partial charge in [0.15, 0.2) is 0 Å². The van der Waals surface area contributed by atoms with E-state index >= 15 is 0 Å². The Kier molecular flexibility index (Phi) is 6.76. The second-order valence-electron chi connectivity index (χ2n) is 7.11. The largest absolute Gasteiger partial charge is 0.439 e. The van der Waals surface area contributed by atoms with E-state index in [2.05, 4.69) is 22.5 Å². The molecule has 1 aromatic heterocycles. The van der Waals surface area contributed by atoms with E-state index in [-0.39, 0.29) is 11.7 Å². The average molecular weight is 371 g/mol. The van der Waals surface area contributed by atoms with Crippen molar-refractivity contribution in [2.75, 3.05) is 13.1 Å². The van der Waals surface area contributed by atoms with Crippen LogP contribution >= 0.6 is 0 Å². The van der Waals surface area contributed by atoms with Crippen molar-refractivity contribution in [1.82, 2.24) is 15.6 Å². The monoisotopic (exact) mass is 371 g/mol. The van der Waals surface area contributed by atoms with Gasteiger partial charge in [-0.25, -0.2) is 9.37 Å². The number of amides is 1. The van der Waals surface area contributed by atoms with Gasteiger partial charge in [-0.15, -0.1) is 0 Å². The fourth-order valence-corrected chi connectivity index (χ4v) is 3.37. The van der Waals surface area contributed by atoms with Crippen LogP contribution in [0.4, 0.5) is 4.39 Å². The number of piperidine rings is 1. The van der Waals surface area contributed by atoms with Crippen LogP contribution in [-0.4, -0.2) is 24.0 Å². The van der Waals surface area contributed by atoms with E-state index in [1.54, 1.807) is 24.4 Å². The summed E-state index contributed by atoms with van der Waals surface area (Å²) in [7, 11) is 0. The van der Waals surface area contributed by atoms with E-state index in [1.165, 1.54) is 12.1 Å². The van der Waals surface area contributed by atoms with Gasteiger partial charge in [0, 0.05) is 31.3 Å². The number of nitrogens with one attached hydrogen (secondary N) is 2. The number of hydrogen-bond donors (Lipinski definition) is 2. The highest BCUT2D eigenvalue weighted by Crippen LogP contribution is 2.24. The van der Waals surface area contributed by atoms with Crippen LogP contribution in [-0.2, 0) is 11.3 Å². The van der Waals surface area contributed by atoms with Crippen LogP contribution in [0.15, 0.2) is 42.6 Å². The number of aromatic nitrogens is 1. The van der Waals surface area contributed by atoms with Crippen molar-refractivity contribution in [2.45, 2.75) is 32.7 Å². The van der Waals surface area contributed by atoms with Crippen LogP contribution in [0, 0.1) is 17.7 Å². The van der Waals surface area contributed by atoms with Crippen molar-refractivity contribution < 1.29 is 13.9 Å². The third-order valence-corrected chi connectivity index (χ3v) is 5.00. The van der Waals surface area contributed by atoms with Gasteiger partial charge in [-0.3, -0.25) is 4.79 Å². The van der Waals surface area contributed by atoms with E-state index in [4.69, 9.17) is 4.74 Å². The number of carbonyl (C=O) groups excluding carboxylic acids is 1. The first-order valence-corrected chi connectivity index (χ1v) is 9.46. The van der Waals surface area contributed by atoms with Gasteiger partial charge in [-0.05, 0) is 55.5 Å². The normalized spacial score (nSPS) is 15.9. The summed E-state index contributed by atoms with van der Waals surface area (Å²) in [5.41, 5.74) is 0.893. The number of ether oxygens (including phenoxy) is 1. The molecule has 0 bridgehead atoms. The summed E-state index contributed by atoms with van der Waals surface area (Å²) in [6.07, 6.45) is 4.50. The number of halogens is 1. The Bertz CT molecular complexity index is 745. The first-order chi connectivity index (χ1) is 13.1. The maximum atomic E-state index is 13.2. The van der Waals surface area contributed by atoms with Crippen molar-refractivity contribution in [3.63, 3.8) is 0 Å². The van der Waals surface area contributed by atoms with Gasteiger partial charge in [-0.2, -0.15) is 0 Å². The maximum absolute atomic E-state index is 13.2. The zero-order valence-electron chi connectivity index (χ0n) is 15.6. The molecule has 1 atom stereocenters. The molecule has 3 rings (SSSR count). The van der Waals surface area contributed by atoms with Crippen molar-refractivity contribution in [1.29, 1.82) is 0 Å². The molecule has 1 unspecified atom stereocenters. The van der Waals surface area contributed by atoms with Gasteiger partial charge in [0.1, 0.15) is 11.6 Å². The quantitative estimate of drug-likeness (QED) is 0.780. The Labute approximate surface area is 159 Å². The topological polar surface area (TPSA) is 63.2 Å². The number of hydrogen-bond acceptors (Lipinski definition) is 4. The van der Waals surface area contributed by atoms with Crippen LogP contribution in [0.1, 0.15) is 31.7 Å². The average Bonchev–Trinajstić information content (AvgIpc) is 2.68. The lowest BCUT2D eigenvalue weighted by Gasteiger charge is -2.27. The number of benzene rings is 1. The zero-order valence-corrected chi connectivity index (χ0v) is 15.6. The van der Waals surface area contributed by atoms with Gasteiger partial charge in [-0.1, -0.05) is 19.1 Å². The molecule has 2 aromatic rings. The Morgan fingerprint density at radius 3 is 2.85 bits per heavy atom. The number of carbonyl (C=O) groups is 1. The predicted molar refractivity (Wildman–Crippen MR) is 102 cm³/mol. The molecule has 1 aliphatic heterocycles. The Morgan fingerprint density at radius 1 is 1.33 bits per heavy atom. The SMILES string of the molecule is CC(CC(=O)NCc1ccc(Oc2cccc(F)c2)nc1)C1CCNCC1. The number of nitrogens with zero attached hydrogens (tertiary/aromatic N) is 1. The molecular formula is C21H26FN3O2. The molecular weight excluding hydrogens is 345 g/mol. The fraction of sp³-hybridized carbons (Fsp3) is 0.429. The van der Waals surface area contributed by atoms with E-state index in [9.17, 15) is 9.18 Å². The van der Waals surface area contributed by atoms with Crippen LogP contribution in [0.25, 0.3) is 0 Å². The molecule has 0 aliphatic carbocycles. The second kappa shape index (κ2) is 9.46. The standard InChI is InChI=1S/C21H26FN3O2/c1-15(17-7-9-23-10-8-17)11-20(26)24-13-16-5-6-21(25-14-16)27-19-4-2-3-18(22)12-19/h2-6,12,14-15,17,23H,7-11,13H2,1H3,(H,24,26). The summed E-state index contributed by atoms with van der Waals surface area (Å²) >= 11 is 0. The Balaban J connectivity index is 1.44. The van der Waals surface area contributed by atoms with Gasteiger partial charge in [0.2, 0.25) is 11.8 Å². The van der Waals surface area contributed by atoms with Crippen molar-refractivity contribution in [3.05, 3.63) is 54.0 Å². The summed E-state index contributed by atoms with van der Waals surface area (Å²) in [6.45, 7) is 4.69. The van der Waals surface area contributed by atoms with Gasteiger partial charge in [0.25, 0.3) is 0 Å².